The minimum Gasteiger partial charge on any atom is -0.319 e. The second-order valence-electron chi connectivity index (χ2n) is 6.03. The van der Waals surface area contributed by atoms with Crippen LogP contribution in [0.2, 0.25) is 10.0 Å². The Hall–Kier alpha value is -2.89. The second kappa shape index (κ2) is 7.02. The van der Waals surface area contributed by atoms with Gasteiger partial charge >= 0.3 is 0 Å². The first kappa shape index (κ1) is 17.5. The molecule has 2 heterocycles. The van der Waals surface area contributed by atoms with E-state index in [-0.39, 0.29) is 11.6 Å². The van der Waals surface area contributed by atoms with E-state index in [1.165, 1.54) is 0 Å². The van der Waals surface area contributed by atoms with E-state index in [0.717, 1.165) is 17.0 Å². The molecular formula is C20H14Cl2N4O. The van der Waals surface area contributed by atoms with E-state index in [0.29, 0.717) is 21.4 Å². The van der Waals surface area contributed by atoms with Gasteiger partial charge in [-0.1, -0.05) is 53.5 Å². The molecule has 0 bridgehead atoms. The quantitative estimate of drug-likeness (QED) is 0.513. The Labute approximate surface area is 165 Å². The van der Waals surface area contributed by atoms with E-state index in [2.05, 4.69) is 15.4 Å². The first-order valence-electron chi connectivity index (χ1n) is 8.20. The highest BCUT2D eigenvalue weighted by Gasteiger charge is 2.15. The third kappa shape index (κ3) is 3.52. The maximum Gasteiger partial charge on any atom is 0.276 e. The number of amides is 1. The van der Waals surface area contributed by atoms with Crippen LogP contribution in [0.4, 0.5) is 5.69 Å². The maximum absolute atomic E-state index is 12.6. The van der Waals surface area contributed by atoms with Gasteiger partial charge in [0, 0.05) is 22.3 Å². The molecule has 0 aliphatic heterocycles. The van der Waals surface area contributed by atoms with Crippen LogP contribution in [0.3, 0.4) is 0 Å². The number of hydrogen-bond acceptors (Lipinski definition) is 3. The molecule has 0 saturated carbocycles. The Morgan fingerprint density at radius 2 is 1.81 bits per heavy atom. The summed E-state index contributed by atoms with van der Waals surface area (Å²) >= 11 is 12.1. The lowest BCUT2D eigenvalue weighted by Gasteiger charge is -2.05. The van der Waals surface area contributed by atoms with E-state index < -0.39 is 0 Å². The molecule has 27 heavy (non-hydrogen) atoms. The third-order valence-corrected chi connectivity index (χ3v) is 4.65. The molecule has 0 atom stereocenters. The molecule has 0 unspecified atom stereocenters. The lowest BCUT2D eigenvalue weighted by Crippen LogP contribution is -2.13. The highest BCUT2D eigenvalue weighted by Crippen LogP contribution is 2.26. The van der Waals surface area contributed by atoms with Gasteiger partial charge in [-0.2, -0.15) is 5.10 Å². The van der Waals surface area contributed by atoms with Crippen molar-refractivity contribution in [2.24, 2.45) is 0 Å². The molecule has 5 nitrogen and oxygen atoms in total. The SMILES string of the molecule is Cc1cc(-c2ccccc2)nc2cc(C(=O)Nc3cc(Cl)ccc3Cl)nn12. The number of carbonyl (C=O) groups is 1. The number of anilines is 1. The van der Waals surface area contributed by atoms with Crippen LogP contribution >= 0.6 is 23.2 Å². The molecule has 4 rings (SSSR count). The number of aryl methyl sites for hydroxylation is 1. The molecule has 4 aromatic rings. The van der Waals surface area contributed by atoms with E-state index >= 15 is 0 Å². The van der Waals surface area contributed by atoms with Crippen molar-refractivity contribution in [3.63, 3.8) is 0 Å². The van der Waals surface area contributed by atoms with Crippen molar-refractivity contribution < 1.29 is 4.79 Å². The van der Waals surface area contributed by atoms with Gasteiger partial charge in [0.2, 0.25) is 0 Å². The predicted octanol–water partition coefficient (Wildman–Crippen LogP) is 5.26. The zero-order chi connectivity index (χ0) is 19.0. The lowest BCUT2D eigenvalue weighted by molar-refractivity contribution is 0.102. The average Bonchev–Trinajstić information content (AvgIpc) is 3.10. The third-order valence-electron chi connectivity index (χ3n) is 4.08. The van der Waals surface area contributed by atoms with Gasteiger partial charge in [0.25, 0.3) is 5.91 Å². The minimum atomic E-state index is -0.384. The van der Waals surface area contributed by atoms with E-state index in [4.69, 9.17) is 23.2 Å². The Morgan fingerprint density at radius 1 is 1.04 bits per heavy atom. The van der Waals surface area contributed by atoms with Gasteiger partial charge in [-0.15, -0.1) is 0 Å². The van der Waals surface area contributed by atoms with Crippen LogP contribution in [0.25, 0.3) is 16.9 Å². The Bertz CT molecular complexity index is 1160. The molecule has 2 aromatic carbocycles. The number of rotatable bonds is 3. The summed E-state index contributed by atoms with van der Waals surface area (Å²) in [5.41, 5.74) is 3.97. The summed E-state index contributed by atoms with van der Waals surface area (Å²) in [6.45, 7) is 1.92. The average molecular weight is 397 g/mol. The largest absolute Gasteiger partial charge is 0.319 e. The minimum absolute atomic E-state index is 0.242. The van der Waals surface area contributed by atoms with Crippen LogP contribution in [0.5, 0.6) is 0 Å². The summed E-state index contributed by atoms with van der Waals surface area (Å²) in [5, 5.41) is 7.98. The second-order valence-corrected chi connectivity index (χ2v) is 6.87. The van der Waals surface area contributed by atoms with E-state index in [9.17, 15) is 4.79 Å². The zero-order valence-electron chi connectivity index (χ0n) is 14.3. The summed E-state index contributed by atoms with van der Waals surface area (Å²) in [4.78, 5) is 17.2. The van der Waals surface area contributed by atoms with Crippen molar-refractivity contribution in [2.75, 3.05) is 5.32 Å². The summed E-state index contributed by atoms with van der Waals surface area (Å²) in [5.74, 6) is -0.384. The molecule has 0 aliphatic rings. The molecule has 0 fully saturated rings. The Balaban J connectivity index is 1.70. The van der Waals surface area contributed by atoms with Crippen LogP contribution in [0, 0.1) is 6.92 Å². The highest BCUT2D eigenvalue weighted by molar-refractivity contribution is 6.35. The topological polar surface area (TPSA) is 59.3 Å². The molecular weight excluding hydrogens is 383 g/mol. The van der Waals surface area contributed by atoms with Crippen molar-refractivity contribution in [1.29, 1.82) is 0 Å². The van der Waals surface area contributed by atoms with Crippen molar-refractivity contribution in [3.8, 4) is 11.3 Å². The van der Waals surface area contributed by atoms with Gasteiger partial charge in [0.05, 0.1) is 16.4 Å². The Morgan fingerprint density at radius 3 is 2.59 bits per heavy atom. The highest BCUT2D eigenvalue weighted by atomic mass is 35.5. The standard InChI is InChI=1S/C20H14Cl2N4O/c1-12-9-16(13-5-3-2-4-6-13)23-19-11-18(25-26(12)19)20(27)24-17-10-14(21)7-8-15(17)22/h2-11H,1H3,(H,24,27). The van der Waals surface area contributed by atoms with Crippen LogP contribution < -0.4 is 5.32 Å². The van der Waals surface area contributed by atoms with Gasteiger partial charge < -0.3 is 5.32 Å². The van der Waals surface area contributed by atoms with Crippen molar-refractivity contribution in [1.82, 2.24) is 14.6 Å². The fourth-order valence-electron chi connectivity index (χ4n) is 2.77. The summed E-state index contributed by atoms with van der Waals surface area (Å²) in [6.07, 6.45) is 0. The Kier molecular flexibility index (Phi) is 4.56. The van der Waals surface area contributed by atoms with Gasteiger partial charge in [0.1, 0.15) is 0 Å². The van der Waals surface area contributed by atoms with Gasteiger partial charge in [-0.25, -0.2) is 9.50 Å². The van der Waals surface area contributed by atoms with E-state index in [1.807, 2.05) is 43.3 Å². The lowest BCUT2D eigenvalue weighted by atomic mass is 10.1. The number of halogens is 2. The number of benzene rings is 2. The smallest absolute Gasteiger partial charge is 0.276 e. The summed E-state index contributed by atoms with van der Waals surface area (Å²) in [7, 11) is 0. The number of fused-ring (bicyclic) bond motifs is 1. The fraction of sp³-hybridized carbons (Fsp3) is 0.0500. The summed E-state index contributed by atoms with van der Waals surface area (Å²) < 4.78 is 1.64. The zero-order valence-corrected chi connectivity index (χ0v) is 15.8. The maximum atomic E-state index is 12.6. The molecule has 0 radical (unpaired) electrons. The van der Waals surface area contributed by atoms with Crippen molar-refractivity contribution in [2.45, 2.75) is 6.92 Å². The number of hydrogen-bond donors (Lipinski definition) is 1. The van der Waals surface area contributed by atoms with Crippen molar-refractivity contribution >= 4 is 40.4 Å². The van der Waals surface area contributed by atoms with Gasteiger partial charge in [-0.3, -0.25) is 4.79 Å². The molecule has 0 spiro atoms. The van der Waals surface area contributed by atoms with Gasteiger partial charge in [0.15, 0.2) is 11.3 Å². The van der Waals surface area contributed by atoms with Crippen LogP contribution in [-0.4, -0.2) is 20.5 Å². The molecule has 2 aromatic heterocycles. The predicted molar refractivity (Wildman–Crippen MR) is 108 cm³/mol. The molecule has 134 valence electrons. The van der Waals surface area contributed by atoms with Gasteiger partial charge in [-0.05, 0) is 31.2 Å². The fourth-order valence-corrected chi connectivity index (χ4v) is 3.11. The van der Waals surface area contributed by atoms with Crippen LogP contribution in [0.1, 0.15) is 16.2 Å². The molecule has 1 N–H and O–H groups in total. The first-order valence-corrected chi connectivity index (χ1v) is 8.96. The van der Waals surface area contributed by atoms with Crippen LogP contribution in [0.15, 0.2) is 60.7 Å². The van der Waals surface area contributed by atoms with E-state index in [1.54, 1.807) is 28.8 Å². The van der Waals surface area contributed by atoms with Crippen LogP contribution in [-0.2, 0) is 0 Å². The number of nitrogens with zero attached hydrogens (tertiary/aromatic N) is 3. The van der Waals surface area contributed by atoms with Crippen molar-refractivity contribution in [3.05, 3.63) is 82.1 Å². The monoisotopic (exact) mass is 396 g/mol. The normalized spacial score (nSPS) is 10.9. The number of nitrogens with one attached hydrogen (secondary N) is 1. The number of carbonyl (C=O) groups excluding carboxylic acids is 1. The summed E-state index contributed by atoms with van der Waals surface area (Å²) in [6, 6.07) is 18.3. The molecule has 7 heteroatoms. The molecule has 0 aliphatic carbocycles. The first-order chi connectivity index (χ1) is 13.0. The number of aromatic nitrogens is 3. The molecule has 1 amide bonds. The molecule has 0 saturated heterocycles.